The molecule has 2 aromatic rings. The zero-order valence-electron chi connectivity index (χ0n) is 15.0. The van der Waals surface area contributed by atoms with E-state index in [0.717, 1.165) is 16.1 Å². The number of hydrogen-bond acceptors (Lipinski definition) is 4. The Hall–Kier alpha value is -2.25. The number of rotatable bonds is 6. The Kier molecular flexibility index (Phi) is 6.15. The highest BCUT2D eigenvalue weighted by Gasteiger charge is 2.29. The molecule has 0 saturated heterocycles. The summed E-state index contributed by atoms with van der Waals surface area (Å²) in [5, 5.41) is 3.10. The molecule has 0 bridgehead atoms. The van der Waals surface area contributed by atoms with Gasteiger partial charge >= 0.3 is 0 Å². The Bertz CT molecular complexity index is 898. The van der Waals surface area contributed by atoms with Gasteiger partial charge in [0.25, 0.3) is 0 Å². The van der Waals surface area contributed by atoms with Crippen molar-refractivity contribution < 1.29 is 17.9 Å². The third-order valence-corrected chi connectivity index (χ3v) is 5.27. The van der Waals surface area contributed by atoms with Crippen molar-refractivity contribution in [2.45, 2.75) is 19.9 Å². The lowest BCUT2D eigenvalue weighted by atomic mass is 10.2. The summed E-state index contributed by atoms with van der Waals surface area (Å²) in [5.41, 5.74) is 1.77. The molecule has 1 amide bonds. The van der Waals surface area contributed by atoms with Crippen LogP contribution in [0.2, 0.25) is 5.02 Å². The molecule has 0 aliphatic rings. The average molecular weight is 397 g/mol. The molecule has 0 aliphatic heterocycles. The third kappa shape index (κ3) is 4.68. The van der Waals surface area contributed by atoms with Gasteiger partial charge in [-0.25, -0.2) is 8.42 Å². The Morgan fingerprint density at radius 1 is 1.19 bits per heavy atom. The zero-order chi connectivity index (χ0) is 19.5. The number of sulfonamides is 1. The molecule has 26 heavy (non-hydrogen) atoms. The van der Waals surface area contributed by atoms with Gasteiger partial charge in [0.15, 0.2) is 0 Å². The zero-order valence-corrected chi connectivity index (χ0v) is 16.6. The Labute approximate surface area is 158 Å². The van der Waals surface area contributed by atoms with Crippen molar-refractivity contribution in [3.05, 3.63) is 53.1 Å². The summed E-state index contributed by atoms with van der Waals surface area (Å²) in [6.07, 6.45) is 1.07. The fourth-order valence-corrected chi connectivity index (χ4v) is 3.86. The first-order chi connectivity index (χ1) is 12.1. The molecule has 140 valence electrons. The second-order valence-corrected chi connectivity index (χ2v) is 8.20. The number of nitrogens with one attached hydrogen (secondary N) is 1. The molecule has 6 nitrogen and oxygen atoms in total. The van der Waals surface area contributed by atoms with Crippen molar-refractivity contribution in [3.63, 3.8) is 0 Å². The van der Waals surface area contributed by atoms with Gasteiger partial charge in [-0.2, -0.15) is 0 Å². The number of halogens is 1. The molecule has 2 aromatic carbocycles. The lowest BCUT2D eigenvalue weighted by molar-refractivity contribution is -0.116. The largest absolute Gasteiger partial charge is 0.495 e. The van der Waals surface area contributed by atoms with Crippen LogP contribution in [0.3, 0.4) is 0 Å². The molecule has 0 aromatic heterocycles. The fourth-order valence-electron chi connectivity index (χ4n) is 2.52. The van der Waals surface area contributed by atoms with E-state index in [0.29, 0.717) is 22.1 Å². The molecule has 8 heteroatoms. The van der Waals surface area contributed by atoms with Gasteiger partial charge in [-0.3, -0.25) is 9.10 Å². The second kappa shape index (κ2) is 7.97. The first kappa shape index (κ1) is 20.1. The van der Waals surface area contributed by atoms with Gasteiger partial charge in [-0.05, 0) is 44.2 Å². The molecular formula is C18H21ClN2O4S. The first-order valence-corrected chi connectivity index (χ1v) is 10.1. The first-order valence-electron chi connectivity index (χ1n) is 7.84. The Morgan fingerprint density at radius 2 is 1.81 bits per heavy atom. The molecule has 2 rings (SSSR count). The van der Waals surface area contributed by atoms with Crippen LogP contribution in [-0.4, -0.2) is 33.7 Å². The van der Waals surface area contributed by atoms with Gasteiger partial charge in [0.05, 0.1) is 24.7 Å². The number of benzene rings is 2. The van der Waals surface area contributed by atoms with E-state index >= 15 is 0 Å². The maximum Gasteiger partial charge on any atom is 0.248 e. The second-order valence-electron chi connectivity index (χ2n) is 5.90. The molecule has 1 N–H and O–H groups in total. The van der Waals surface area contributed by atoms with Crippen LogP contribution in [0, 0.1) is 6.92 Å². The van der Waals surface area contributed by atoms with Crippen molar-refractivity contribution in [1.29, 1.82) is 0 Å². The number of nitrogens with zero attached hydrogens (tertiary/aromatic N) is 1. The maximum absolute atomic E-state index is 12.7. The van der Waals surface area contributed by atoms with Gasteiger partial charge in [0.1, 0.15) is 11.8 Å². The summed E-state index contributed by atoms with van der Waals surface area (Å²) >= 11 is 5.97. The Balaban J connectivity index is 2.34. The summed E-state index contributed by atoms with van der Waals surface area (Å²) in [6.45, 7) is 3.42. The molecule has 0 aliphatic carbocycles. The van der Waals surface area contributed by atoms with Crippen molar-refractivity contribution in [3.8, 4) is 5.75 Å². The highest BCUT2D eigenvalue weighted by atomic mass is 35.5. The van der Waals surface area contributed by atoms with Crippen LogP contribution >= 0.6 is 11.6 Å². The van der Waals surface area contributed by atoms with Crippen molar-refractivity contribution >= 4 is 38.9 Å². The number of methoxy groups -OCH3 is 1. The molecule has 0 fully saturated rings. The standard InChI is InChI=1S/C18H21ClN2O4S/c1-12-5-8-15(9-6-12)21(26(4,23)24)13(2)18(22)20-16-11-14(19)7-10-17(16)25-3/h5-11,13H,1-4H3,(H,20,22). The molecule has 0 radical (unpaired) electrons. The van der Waals surface area contributed by atoms with E-state index in [9.17, 15) is 13.2 Å². The van der Waals surface area contributed by atoms with E-state index in [1.807, 2.05) is 6.92 Å². The molecule has 0 spiro atoms. The third-order valence-electron chi connectivity index (χ3n) is 3.80. The number of anilines is 2. The monoisotopic (exact) mass is 396 g/mol. The number of carbonyl (C=O) groups is 1. The van der Waals surface area contributed by atoms with E-state index in [-0.39, 0.29) is 0 Å². The van der Waals surface area contributed by atoms with Gasteiger partial charge in [-0.15, -0.1) is 0 Å². The van der Waals surface area contributed by atoms with Crippen molar-refractivity contribution in [1.82, 2.24) is 0 Å². The average Bonchev–Trinajstić information content (AvgIpc) is 2.55. The normalized spacial score (nSPS) is 12.3. The Morgan fingerprint density at radius 3 is 2.35 bits per heavy atom. The molecule has 0 heterocycles. The van der Waals surface area contributed by atoms with E-state index in [4.69, 9.17) is 16.3 Å². The SMILES string of the molecule is COc1ccc(Cl)cc1NC(=O)C(C)N(c1ccc(C)cc1)S(C)(=O)=O. The lowest BCUT2D eigenvalue weighted by Gasteiger charge is -2.28. The highest BCUT2D eigenvalue weighted by Crippen LogP contribution is 2.29. The summed E-state index contributed by atoms with van der Waals surface area (Å²) in [4.78, 5) is 12.7. The number of ether oxygens (including phenoxy) is 1. The van der Waals surface area contributed by atoms with Crippen LogP contribution in [0.25, 0.3) is 0 Å². The minimum atomic E-state index is -3.68. The quantitative estimate of drug-likeness (QED) is 0.811. The number of amides is 1. The fraction of sp³-hybridized carbons (Fsp3) is 0.278. The van der Waals surface area contributed by atoms with Gasteiger partial charge < -0.3 is 10.1 Å². The minimum absolute atomic E-state index is 0.370. The van der Waals surface area contributed by atoms with Crippen LogP contribution in [0.15, 0.2) is 42.5 Å². The van der Waals surface area contributed by atoms with Gasteiger partial charge in [0.2, 0.25) is 15.9 Å². The van der Waals surface area contributed by atoms with Gasteiger partial charge in [-0.1, -0.05) is 29.3 Å². The molecule has 0 saturated carbocycles. The summed E-state index contributed by atoms with van der Waals surface area (Å²) in [5.74, 6) is -0.0761. The predicted molar refractivity (Wildman–Crippen MR) is 105 cm³/mol. The minimum Gasteiger partial charge on any atom is -0.495 e. The predicted octanol–water partition coefficient (Wildman–Crippen LogP) is 3.45. The van der Waals surface area contributed by atoms with Crippen LogP contribution in [0.5, 0.6) is 5.75 Å². The topological polar surface area (TPSA) is 75.7 Å². The summed E-state index contributed by atoms with van der Waals surface area (Å²) in [6, 6.07) is 10.7. The molecule has 1 atom stereocenters. The summed E-state index contributed by atoms with van der Waals surface area (Å²) in [7, 11) is -2.21. The van der Waals surface area contributed by atoms with Gasteiger partial charge in [0, 0.05) is 5.02 Å². The van der Waals surface area contributed by atoms with Crippen LogP contribution in [0.4, 0.5) is 11.4 Å². The van der Waals surface area contributed by atoms with E-state index < -0.39 is 22.0 Å². The van der Waals surface area contributed by atoms with E-state index in [1.54, 1.807) is 42.5 Å². The van der Waals surface area contributed by atoms with Crippen LogP contribution in [-0.2, 0) is 14.8 Å². The number of carbonyl (C=O) groups excluding carboxylic acids is 1. The van der Waals surface area contributed by atoms with Crippen LogP contribution in [0.1, 0.15) is 12.5 Å². The highest BCUT2D eigenvalue weighted by molar-refractivity contribution is 7.92. The van der Waals surface area contributed by atoms with Crippen molar-refractivity contribution in [2.75, 3.05) is 23.0 Å². The lowest BCUT2D eigenvalue weighted by Crippen LogP contribution is -2.45. The number of hydrogen-bond donors (Lipinski definition) is 1. The van der Waals surface area contributed by atoms with Crippen LogP contribution < -0.4 is 14.4 Å². The van der Waals surface area contributed by atoms with Crippen molar-refractivity contribution in [2.24, 2.45) is 0 Å². The maximum atomic E-state index is 12.7. The number of aryl methyl sites for hydroxylation is 1. The molecule has 1 unspecified atom stereocenters. The summed E-state index contributed by atoms with van der Waals surface area (Å²) < 4.78 is 30.9. The van der Waals surface area contributed by atoms with E-state index in [1.165, 1.54) is 14.0 Å². The smallest absolute Gasteiger partial charge is 0.248 e. The molecular weight excluding hydrogens is 376 g/mol. The van der Waals surface area contributed by atoms with E-state index in [2.05, 4.69) is 5.32 Å².